The second kappa shape index (κ2) is 11.1. The van der Waals surface area contributed by atoms with E-state index in [0.29, 0.717) is 0 Å². The van der Waals surface area contributed by atoms with Crippen molar-refractivity contribution in [1.29, 1.82) is 0 Å². The molecule has 0 heterocycles. The van der Waals surface area contributed by atoms with Gasteiger partial charge in [0.05, 0.1) is 10.6 Å². The molecule has 4 nitrogen and oxygen atoms in total. The van der Waals surface area contributed by atoms with Crippen LogP contribution in [0.25, 0.3) is 0 Å². The lowest BCUT2D eigenvalue weighted by Gasteiger charge is -1.53. The van der Waals surface area contributed by atoms with Gasteiger partial charge in [-0.1, -0.05) is 0 Å². The molecule has 0 saturated carbocycles. The molecule has 2 N–H and O–H groups in total. The minimum atomic E-state index is 0. The van der Waals surface area contributed by atoms with E-state index in [-0.39, 0.29) is 4.70 Å². The van der Waals surface area contributed by atoms with Crippen LogP contribution < -0.4 is 0 Å². The van der Waals surface area contributed by atoms with Crippen molar-refractivity contribution in [3.63, 3.8) is 0 Å². The third-order valence-electron chi connectivity index (χ3n) is 0.0400. The molecule has 0 saturated heterocycles. The van der Waals surface area contributed by atoms with Gasteiger partial charge in [0, 0.05) is 0 Å². The average molecular weight is 82.0 g/mol. The van der Waals surface area contributed by atoms with Gasteiger partial charge in [-0.25, -0.2) is 0 Å². The zero-order valence-corrected chi connectivity index (χ0v) is 2.20. The molecule has 5 heavy (non-hydrogen) atoms. The zero-order valence-electron chi connectivity index (χ0n) is 2.20. The van der Waals surface area contributed by atoms with Crippen LogP contribution in [0.1, 0.15) is 0 Å². The molecule has 0 aromatic carbocycles. The molecular formula is H3FN2O2. The van der Waals surface area contributed by atoms with Gasteiger partial charge >= 0.3 is 0 Å². The van der Waals surface area contributed by atoms with Crippen LogP contribution in [0.15, 0.2) is 10.6 Å². The Balaban J connectivity index is 0. The molecule has 0 amide bonds. The first-order valence-corrected chi connectivity index (χ1v) is 0.600. The molecule has 0 rings (SSSR count). The molecule has 32 valence electrons. The van der Waals surface area contributed by atoms with Gasteiger partial charge in [-0.05, 0) is 0 Å². The molecule has 0 spiro atoms. The van der Waals surface area contributed by atoms with Gasteiger partial charge in [0.2, 0.25) is 0 Å². The molecule has 0 aromatic heterocycles. The number of hydrogen-bond donors (Lipinski definition) is 2. The highest BCUT2D eigenvalue weighted by Gasteiger charge is 1.34. The molecule has 0 aromatic rings. The second-order valence-electron chi connectivity index (χ2n) is 0.179. The Kier molecular flexibility index (Phi) is 19.8. The highest BCUT2D eigenvalue weighted by atomic mass is 19.0. The summed E-state index contributed by atoms with van der Waals surface area (Å²) >= 11 is 0. The summed E-state index contributed by atoms with van der Waals surface area (Å²) in [4.78, 5) is 0. The van der Waals surface area contributed by atoms with Crippen molar-refractivity contribution >= 4 is 0 Å². The summed E-state index contributed by atoms with van der Waals surface area (Å²) in [5, 5.41) is 18.0. The van der Waals surface area contributed by atoms with Crippen molar-refractivity contribution in [2.75, 3.05) is 0 Å². The summed E-state index contributed by atoms with van der Waals surface area (Å²) in [6.07, 6.45) is 0. The Morgan fingerprint density at radius 1 is 1.00 bits per heavy atom. The van der Waals surface area contributed by atoms with Gasteiger partial charge in [-0.2, -0.15) is 0 Å². The number of halogens is 1. The van der Waals surface area contributed by atoms with Crippen molar-refractivity contribution in [3.8, 4) is 0 Å². The Hall–Kier alpha value is -0.870. The van der Waals surface area contributed by atoms with E-state index in [1.54, 1.807) is 0 Å². The Bertz CT molecular complexity index is 22.8. The summed E-state index contributed by atoms with van der Waals surface area (Å²) in [6, 6.07) is 0. The van der Waals surface area contributed by atoms with Crippen LogP contribution in [0.5, 0.6) is 0 Å². The van der Waals surface area contributed by atoms with Gasteiger partial charge in [0.15, 0.2) is 0 Å². The van der Waals surface area contributed by atoms with E-state index in [2.05, 4.69) is 0 Å². The van der Waals surface area contributed by atoms with Crippen molar-refractivity contribution in [1.82, 2.24) is 0 Å². The molecular weight excluding hydrogens is 79.0 g/mol. The monoisotopic (exact) mass is 82.0 g/mol. The third-order valence-corrected chi connectivity index (χ3v) is 0.0400. The summed E-state index contributed by atoms with van der Waals surface area (Å²) in [6.45, 7) is 0. The molecule has 0 aliphatic heterocycles. The first kappa shape index (κ1) is 8.92. The van der Waals surface area contributed by atoms with E-state index in [0.717, 1.165) is 0 Å². The second-order valence-corrected chi connectivity index (χ2v) is 0.179. The van der Waals surface area contributed by atoms with Crippen molar-refractivity contribution in [2.45, 2.75) is 0 Å². The summed E-state index contributed by atoms with van der Waals surface area (Å²) in [5.74, 6) is 0. The van der Waals surface area contributed by atoms with Crippen molar-refractivity contribution in [2.24, 2.45) is 10.6 Å². The van der Waals surface area contributed by atoms with E-state index in [9.17, 15) is 0 Å². The molecule has 5 heteroatoms. The van der Waals surface area contributed by atoms with E-state index in [1.165, 1.54) is 0 Å². The highest BCUT2D eigenvalue weighted by Crippen LogP contribution is 1.46. The lowest BCUT2D eigenvalue weighted by Crippen LogP contribution is -1.41. The standard InChI is InChI=1S/FH.H2N2O2/c;3-1-2-4/h1H;(H,1,4)(H,2,3). The lowest BCUT2D eigenvalue weighted by atomic mass is 13.0. The largest absolute Gasteiger partial charge is 0.392 e. The smallest absolute Gasteiger partial charge is 0.0606 e. The normalized spacial score (nSPS) is 7.20. The van der Waals surface area contributed by atoms with Crippen LogP contribution in [0.3, 0.4) is 0 Å². The molecule has 0 radical (unpaired) electrons. The predicted octanol–water partition coefficient (Wildman–Crippen LogP) is 0.369. The first-order chi connectivity index (χ1) is 1.91. The van der Waals surface area contributed by atoms with E-state index in [1.807, 2.05) is 10.6 Å². The fourth-order valence-electron chi connectivity index (χ4n) is 0. The van der Waals surface area contributed by atoms with Gasteiger partial charge in [-0.3, -0.25) is 4.70 Å². The Morgan fingerprint density at radius 2 is 1.20 bits per heavy atom. The number of rotatable bonds is 0. The maximum absolute atomic E-state index is 7.08. The van der Waals surface area contributed by atoms with Crippen LogP contribution in [0.2, 0.25) is 0 Å². The summed E-state index contributed by atoms with van der Waals surface area (Å²) in [5.41, 5.74) is 0. The molecule has 0 atom stereocenters. The maximum atomic E-state index is 7.08. The van der Waals surface area contributed by atoms with E-state index in [4.69, 9.17) is 10.4 Å². The zero-order chi connectivity index (χ0) is 3.41. The van der Waals surface area contributed by atoms with Gasteiger partial charge in [0.1, 0.15) is 0 Å². The quantitative estimate of drug-likeness (QED) is 0.327. The van der Waals surface area contributed by atoms with Crippen LogP contribution >= 0.6 is 0 Å². The third kappa shape index (κ3) is 236. The van der Waals surface area contributed by atoms with Crippen LogP contribution in [-0.2, 0) is 0 Å². The van der Waals surface area contributed by atoms with E-state index < -0.39 is 0 Å². The highest BCUT2D eigenvalue weighted by molar-refractivity contribution is 3.51. The minimum Gasteiger partial charge on any atom is -0.392 e. The van der Waals surface area contributed by atoms with Gasteiger partial charge in [-0.15, -0.1) is 0 Å². The van der Waals surface area contributed by atoms with Crippen LogP contribution in [0.4, 0.5) is 4.70 Å². The fourth-order valence-corrected chi connectivity index (χ4v) is 0. The minimum absolute atomic E-state index is 0. The Morgan fingerprint density at radius 3 is 1.20 bits per heavy atom. The van der Waals surface area contributed by atoms with Gasteiger partial charge < -0.3 is 10.4 Å². The number of nitrogens with zero attached hydrogens (tertiary/aromatic N) is 2. The van der Waals surface area contributed by atoms with E-state index >= 15 is 0 Å². The van der Waals surface area contributed by atoms with Crippen LogP contribution in [0, 0.1) is 0 Å². The topological polar surface area (TPSA) is 65.2 Å². The predicted molar refractivity (Wildman–Crippen MR) is 10.9 cm³/mol. The maximum Gasteiger partial charge on any atom is 0.0606 e. The van der Waals surface area contributed by atoms with Crippen molar-refractivity contribution < 1.29 is 15.1 Å². The van der Waals surface area contributed by atoms with Crippen molar-refractivity contribution in [3.05, 3.63) is 0 Å². The Labute approximate surface area is 27.0 Å². The molecule has 0 fully saturated rings. The van der Waals surface area contributed by atoms with Gasteiger partial charge in [0.25, 0.3) is 0 Å². The number of hydrogen-bond acceptors (Lipinski definition) is 2. The lowest BCUT2D eigenvalue weighted by molar-refractivity contribution is 0.177. The molecule has 0 unspecified atom stereocenters. The summed E-state index contributed by atoms with van der Waals surface area (Å²) in [7, 11) is 0. The molecule has 0 aliphatic rings. The molecule has 0 bridgehead atoms. The first-order valence-electron chi connectivity index (χ1n) is 0.600. The van der Waals surface area contributed by atoms with Crippen LogP contribution in [-0.4, -0.2) is 10.4 Å². The summed E-state index contributed by atoms with van der Waals surface area (Å²) < 4.78 is 0. The fraction of sp³-hybridized carbons (Fsp3) is 0. The SMILES string of the molecule is F.ON=NO. The average Bonchev–Trinajstić information content (AvgIpc) is 1.37. The molecule has 0 aliphatic carbocycles.